The van der Waals surface area contributed by atoms with Gasteiger partial charge in [0, 0.05) is 13.1 Å². The monoisotopic (exact) mass is 318 g/mol. The van der Waals surface area contributed by atoms with Gasteiger partial charge in [-0.1, -0.05) is 6.07 Å². The Balaban J connectivity index is 2.23. The van der Waals surface area contributed by atoms with Gasteiger partial charge in [-0.3, -0.25) is 4.79 Å². The van der Waals surface area contributed by atoms with E-state index in [0.717, 1.165) is 31.5 Å². The fraction of sp³-hybridized carbons (Fsp3) is 0.533. The number of benzene rings is 1. The predicted octanol–water partition coefficient (Wildman–Crippen LogP) is 2.92. The number of hydrogen-bond acceptors (Lipinski definition) is 2. The summed E-state index contributed by atoms with van der Waals surface area (Å²) in [7, 11) is 1.80. The van der Waals surface area contributed by atoms with E-state index in [9.17, 15) is 22.4 Å². The van der Waals surface area contributed by atoms with Gasteiger partial charge in [-0.15, -0.1) is 0 Å². The van der Waals surface area contributed by atoms with Crippen LogP contribution in [0.1, 0.15) is 28.8 Å². The van der Waals surface area contributed by atoms with Crippen LogP contribution < -0.4 is 5.32 Å². The first kappa shape index (κ1) is 16.7. The molecule has 2 rings (SSSR count). The van der Waals surface area contributed by atoms with Gasteiger partial charge >= 0.3 is 6.18 Å². The zero-order valence-corrected chi connectivity index (χ0v) is 12.2. The van der Waals surface area contributed by atoms with Gasteiger partial charge < -0.3 is 10.2 Å². The highest BCUT2D eigenvalue weighted by Crippen LogP contribution is 2.33. The number of carbonyl (C=O) groups excluding carboxylic acids is 1. The number of nitrogens with zero attached hydrogens (tertiary/aromatic N) is 1. The molecule has 0 radical (unpaired) electrons. The number of likely N-dealkylation sites (tertiary alicyclic amines) is 1. The quantitative estimate of drug-likeness (QED) is 0.869. The summed E-state index contributed by atoms with van der Waals surface area (Å²) in [6.07, 6.45) is -3.11. The summed E-state index contributed by atoms with van der Waals surface area (Å²) in [5.41, 5.74) is -1.91. The smallest absolute Gasteiger partial charge is 0.338 e. The van der Waals surface area contributed by atoms with Gasteiger partial charge in [0.2, 0.25) is 0 Å². The van der Waals surface area contributed by atoms with Crippen LogP contribution in [0.5, 0.6) is 0 Å². The Labute approximate surface area is 126 Å². The minimum Gasteiger partial charge on any atom is -0.338 e. The lowest BCUT2D eigenvalue weighted by Gasteiger charge is -2.33. The molecule has 0 spiro atoms. The first-order valence-electron chi connectivity index (χ1n) is 7.14. The van der Waals surface area contributed by atoms with Crippen molar-refractivity contribution in [2.45, 2.75) is 19.0 Å². The normalized spacial score (nSPS) is 19.3. The summed E-state index contributed by atoms with van der Waals surface area (Å²) in [6, 6.07) is 2.81. The van der Waals surface area contributed by atoms with Crippen molar-refractivity contribution in [3.8, 4) is 0 Å². The molecule has 22 heavy (non-hydrogen) atoms. The maximum Gasteiger partial charge on any atom is 0.419 e. The number of rotatable bonds is 3. The van der Waals surface area contributed by atoms with Gasteiger partial charge in [0.1, 0.15) is 5.82 Å². The van der Waals surface area contributed by atoms with Crippen molar-refractivity contribution in [1.29, 1.82) is 0 Å². The number of amides is 1. The van der Waals surface area contributed by atoms with Crippen molar-refractivity contribution in [1.82, 2.24) is 10.2 Å². The molecule has 0 unspecified atom stereocenters. The Bertz CT molecular complexity index is 543. The molecule has 1 aromatic rings. The average molecular weight is 318 g/mol. The number of alkyl halides is 3. The first-order chi connectivity index (χ1) is 10.3. The third-order valence-corrected chi connectivity index (χ3v) is 3.83. The van der Waals surface area contributed by atoms with E-state index < -0.39 is 29.0 Å². The highest BCUT2D eigenvalue weighted by atomic mass is 19.4. The molecule has 3 nitrogen and oxygen atoms in total. The fourth-order valence-electron chi connectivity index (χ4n) is 2.79. The lowest BCUT2D eigenvalue weighted by atomic mass is 9.97. The lowest BCUT2D eigenvalue weighted by molar-refractivity contribution is -0.140. The Morgan fingerprint density at radius 3 is 2.77 bits per heavy atom. The summed E-state index contributed by atoms with van der Waals surface area (Å²) in [5, 5.41) is 3.02. The third kappa shape index (κ3) is 3.58. The number of carbonyl (C=O) groups is 1. The van der Waals surface area contributed by atoms with Crippen LogP contribution in [0.3, 0.4) is 0 Å². The highest BCUT2D eigenvalue weighted by Gasteiger charge is 2.36. The largest absolute Gasteiger partial charge is 0.419 e. The summed E-state index contributed by atoms with van der Waals surface area (Å²) >= 11 is 0. The zero-order chi connectivity index (χ0) is 16.3. The minimum absolute atomic E-state index is 0.233. The van der Waals surface area contributed by atoms with Crippen LogP contribution >= 0.6 is 0 Å². The third-order valence-electron chi connectivity index (χ3n) is 3.83. The summed E-state index contributed by atoms with van der Waals surface area (Å²) < 4.78 is 52.2. The van der Waals surface area contributed by atoms with Crippen molar-refractivity contribution >= 4 is 5.91 Å². The van der Waals surface area contributed by atoms with Crippen molar-refractivity contribution < 1.29 is 22.4 Å². The van der Waals surface area contributed by atoms with Crippen LogP contribution in [0, 0.1) is 11.7 Å². The zero-order valence-electron chi connectivity index (χ0n) is 12.2. The summed E-state index contributed by atoms with van der Waals surface area (Å²) in [4.78, 5) is 13.8. The summed E-state index contributed by atoms with van der Waals surface area (Å²) in [5.74, 6) is -1.93. The van der Waals surface area contributed by atoms with Crippen molar-refractivity contribution in [3.05, 3.63) is 35.1 Å². The molecule has 0 saturated carbocycles. The van der Waals surface area contributed by atoms with Crippen LogP contribution in [0.2, 0.25) is 0 Å². The van der Waals surface area contributed by atoms with E-state index in [1.165, 1.54) is 4.90 Å². The molecule has 1 atom stereocenters. The molecule has 1 heterocycles. The standard InChI is InChI=1S/C15H18F4N2O/c1-20-8-10-4-3-7-21(9-10)14(22)11-5-2-6-12(13(11)16)15(17,18)19/h2,5-6,10,20H,3-4,7-9H2,1H3/t10-/m1/s1. The molecule has 122 valence electrons. The Morgan fingerprint density at radius 1 is 1.41 bits per heavy atom. The van der Waals surface area contributed by atoms with E-state index in [1.54, 1.807) is 7.05 Å². The van der Waals surface area contributed by atoms with Crippen LogP contribution in [-0.2, 0) is 6.18 Å². The van der Waals surface area contributed by atoms with E-state index in [-0.39, 0.29) is 5.92 Å². The predicted molar refractivity (Wildman–Crippen MR) is 74.0 cm³/mol. The molecule has 1 aromatic carbocycles. The Hall–Kier alpha value is -1.63. The molecule has 1 aliphatic heterocycles. The topological polar surface area (TPSA) is 32.3 Å². The average Bonchev–Trinajstić information content (AvgIpc) is 2.46. The molecular formula is C15H18F4N2O. The van der Waals surface area contributed by atoms with Crippen molar-refractivity contribution in [3.63, 3.8) is 0 Å². The Morgan fingerprint density at radius 2 is 2.14 bits per heavy atom. The number of nitrogens with one attached hydrogen (secondary N) is 1. The van der Waals surface area contributed by atoms with Crippen LogP contribution in [0.4, 0.5) is 17.6 Å². The lowest BCUT2D eigenvalue weighted by Crippen LogP contribution is -2.42. The fourth-order valence-corrected chi connectivity index (χ4v) is 2.79. The maximum atomic E-state index is 14.0. The minimum atomic E-state index is -4.81. The SMILES string of the molecule is CNC[C@H]1CCCN(C(=O)c2cccc(C(F)(F)F)c2F)C1. The van der Waals surface area contributed by atoms with E-state index in [4.69, 9.17) is 0 Å². The van der Waals surface area contributed by atoms with Gasteiger partial charge in [0.15, 0.2) is 0 Å². The van der Waals surface area contributed by atoms with E-state index in [1.807, 2.05) is 0 Å². The molecule has 0 aliphatic carbocycles. The first-order valence-corrected chi connectivity index (χ1v) is 7.14. The second-order valence-corrected chi connectivity index (χ2v) is 5.48. The van der Waals surface area contributed by atoms with Gasteiger partial charge in [-0.2, -0.15) is 13.2 Å². The van der Waals surface area contributed by atoms with Gasteiger partial charge in [-0.05, 0) is 44.5 Å². The van der Waals surface area contributed by atoms with Gasteiger partial charge in [0.05, 0.1) is 11.1 Å². The molecule has 1 N–H and O–H groups in total. The molecule has 1 aliphatic rings. The van der Waals surface area contributed by atoms with E-state index in [0.29, 0.717) is 19.2 Å². The molecule has 1 fully saturated rings. The second-order valence-electron chi connectivity index (χ2n) is 5.48. The molecule has 0 bridgehead atoms. The maximum absolute atomic E-state index is 14.0. The number of piperidine rings is 1. The van der Waals surface area contributed by atoms with Gasteiger partial charge in [0.25, 0.3) is 5.91 Å². The van der Waals surface area contributed by atoms with Crippen molar-refractivity contribution in [2.24, 2.45) is 5.92 Å². The number of hydrogen-bond donors (Lipinski definition) is 1. The van der Waals surface area contributed by atoms with E-state index >= 15 is 0 Å². The molecular weight excluding hydrogens is 300 g/mol. The summed E-state index contributed by atoms with van der Waals surface area (Å²) in [6.45, 7) is 1.58. The van der Waals surface area contributed by atoms with Crippen LogP contribution in [0.25, 0.3) is 0 Å². The highest BCUT2D eigenvalue weighted by molar-refractivity contribution is 5.94. The second kappa shape index (κ2) is 6.64. The molecule has 1 saturated heterocycles. The molecule has 1 amide bonds. The molecule has 0 aromatic heterocycles. The van der Waals surface area contributed by atoms with Gasteiger partial charge in [-0.25, -0.2) is 4.39 Å². The van der Waals surface area contributed by atoms with Crippen LogP contribution in [0.15, 0.2) is 18.2 Å². The number of halogens is 4. The Kier molecular flexibility index (Phi) is 5.05. The van der Waals surface area contributed by atoms with E-state index in [2.05, 4.69) is 5.32 Å². The van der Waals surface area contributed by atoms with Crippen LogP contribution in [-0.4, -0.2) is 37.5 Å². The van der Waals surface area contributed by atoms with Crippen molar-refractivity contribution in [2.75, 3.05) is 26.7 Å². The molecule has 7 heteroatoms.